The molecule has 1 heterocycles. The average molecular weight is 275 g/mol. The molecule has 5 heteroatoms. The van der Waals surface area contributed by atoms with Crippen LogP contribution in [0.4, 0.5) is 0 Å². The number of ether oxygens (including phenoxy) is 2. The standard InChI is InChI=1S/C15H21N3O2/c1-2-10-15(13-6-4-3-5-7-13)19-12-9-14(20-15)8-11-17-18-16/h3-7,14H,2,8-12H2,1H3/t14-,15-/m1/s1. The van der Waals surface area contributed by atoms with Crippen molar-refractivity contribution < 1.29 is 9.47 Å². The van der Waals surface area contributed by atoms with Crippen molar-refractivity contribution in [2.75, 3.05) is 13.2 Å². The van der Waals surface area contributed by atoms with Crippen molar-refractivity contribution in [3.8, 4) is 0 Å². The fourth-order valence-electron chi connectivity index (χ4n) is 2.62. The zero-order valence-corrected chi connectivity index (χ0v) is 11.9. The SMILES string of the molecule is CCC[C@@]1(c2ccccc2)OCC[C@@H](CCN=[N+]=[N-])O1. The van der Waals surface area contributed by atoms with E-state index >= 15 is 0 Å². The Labute approximate surface area is 119 Å². The molecular formula is C15H21N3O2. The molecule has 0 radical (unpaired) electrons. The van der Waals surface area contributed by atoms with Gasteiger partial charge in [0.15, 0.2) is 5.79 Å². The van der Waals surface area contributed by atoms with Gasteiger partial charge in [-0.1, -0.05) is 48.8 Å². The van der Waals surface area contributed by atoms with E-state index in [1.165, 1.54) is 0 Å². The molecule has 0 aromatic heterocycles. The molecule has 0 unspecified atom stereocenters. The fourth-order valence-corrected chi connectivity index (χ4v) is 2.62. The van der Waals surface area contributed by atoms with E-state index in [2.05, 4.69) is 16.9 Å². The summed E-state index contributed by atoms with van der Waals surface area (Å²) in [6, 6.07) is 10.1. The molecule has 20 heavy (non-hydrogen) atoms. The Morgan fingerprint density at radius 3 is 2.90 bits per heavy atom. The highest BCUT2D eigenvalue weighted by Crippen LogP contribution is 2.38. The molecule has 0 spiro atoms. The first-order valence-corrected chi connectivity index (χ1v) is 7.19. The molecular weight excluding hydrogens is 254 g/mol. The number of hydrogen-bond donors (Lipinski definition) is 0. The molecule has 5 nitrogen and oxygen atoms in total. The number of rotatable bonds is 6. The molecule has 108 valence electrons. The Hall–Kier alpha value is -1.55. The molecule has 0 bridgehead atoms. The number of nitrogens with zero attached hydrogens (tertiary/aromatic N) is 3. The topological polar surface area (TPSA) is 67.2 Å². The molecule has 1 aliphatic heterocycles. The third-order valence-corrected chi connectivity index (χ3v) is 3.54. The Bertz CT molecular complexity index is 455. The highest BCUT2D eigenvalue weighted by atomic mass is 16.7. The Balaban J connectivity index is 2.13. The summed E-state index contributed by atoms with van der Waals surface area (Å²) in [7, 11) is 0. The summed E-state index contributed by atoms with van der Waals surface area (Å²) in [5.74, 6) is -0.644. The third kappa shape index (κ3) is 3.51. The van der Waals surface area contributed by atoms with Crippen molar-refractivity contribution >= 4 is 0 Å². The zero-order chi connectivity index (χ0) is 14.3. The molecule has 1 aliphatic rings. The second-order valence-corrected chi connectivity index (χ2v) is 4.99. The van der Waals surface area contributed by atoms with Crippen LogP contribution in [0.1, 0.15) is 38.2 Å². The lowest BCUT2D eigenvalue weighted by Crippen LogP contribution is -2.42. The number of benzene rings is 1. The van der Waals surface area contributed by atoms with Gasteiger partial charge in [-0.3, -0.25) is 0 Å². The van der Waals surface area contributed by atoms with Crippen molar-refractivity contribution in [3.05, 3.63) is 46.3 Å². The first-order valence-electron chi connectivity index (χ1n) is 7.19. The van der Waals surface area contributed by atoms with E-state index in [0.29, 0.717) is 13.2 Å². The smallest absolute Gasteiger partial charge is 0.195 e. The molecule has 1 aromatic carbocycles. The molecule has 1 saturated heterocycles. The predicted molar refractivity (Wildman–Crippen MR) is 77.1 cm³/mol. The van der Waals surface area contributed by atoms with Crippen LogP contribution in [0.5, 0.6) is 0 Å². The van der Waals surface area contributed by atoms with Gasteiger partial charge in [0, 0.05) is 23.4 Å². The maximum Gasteiger partial charge on any atom is 0.195 e. The zero-order valence-electron chi connectivity index (χ0n) is 11.9. The van der Waals surface area contributed by atoms with Gasteiger partial charge in [0.1, 0.15) is 0 Å². The van der Waals surface area contributed by atoms with Crippen LogP contribution in [0.2, 0.25) is 0 Å². The van der Waals surface area contributed by atoms with Crippen molar-refractivity contribution in [1.82, 2.24) is 0 Å². The highest BCUT2D eigenvalue weighted by molar-refractivity contribution is 5.20. The van der Waals surface area contributed by atoms with Gasteiger partial charge in [-0.2, -0.15) is 0 Å². The van der Waals surface area contributed by atoms with E-state index in [1.54, 1.807) is 0 Å². The largest absolute Gasteiger partial charge is 0.346 e. The Kier molecular flexibility index (Phi) is 5.41. The molecule has 1 fully saturated rings. The first-order chi connectivity index (χ1) is 9.80. The van der Waals surface area contributed by atoms with E-state index < -0.39 is 5.79 Å². The van der Waals surface area contributed by atoms with Crippen LogP contribution in [-0.2, 0) is 15.3 Å². The minimum absolute atomic E-state index is 0.0843. The molecule has 2 rings (SSSR count). The summed E-state index contributed by atoms with van der Waals surface area (Å²) in [5, 5.41) is 3.59. The van der Waals surface area contributed by atoms with Crippen molar-refractivity contribution in [3.63, 3.8) is 0 Å². The quantitative estimate of drug-likeness (QED) is 0.444. The van der Waals surface area contributed by atoms with Gasteiger partial charge >= 0.3 is 0 Å². The van der Waals surface area contributed by atoms with Gasteiger partial charge in [0.2, 0.25) is 0 Å². The summed E-state index contributed by atoms with van der Waals surface area (Å²) < 4.78 is 12.2. The van der Waals surface area contributed by atoms with Crippen LogP contribution >= 0.6 is 0 Å². The molecule has 0 amide bonds. The van der Waals surface area contributed by atoms with Gasteiger partial charge < -0.3 is 9.47 Å². The van der Waals surface area contributed by atoms with E-state index in [0.717, 1.165) is 31.2 Å². The van der Waals surface area contributed by atoms with Crippen LogP contribution in [0.3, 0.4) is 0 Å². The van der Waals surface area contributed by atoms with E-state index in [1.807, 2.05) is 30.3 Å². The van der Waals surface area contributed by atoms with Crippen LogP contribution in [0, 0.1) is 0 Å². The predicted octanol–water partition coefficient (Wildman–Crippen LogP) is 4.15. The van der Waals surface area contributed by atoms with E-state index in [9.17, 15) is 0 Å². The van der Waals surface area contributed by atoms with Gasteiger partial charge in [0.05, 0.1) is 12.7 Å². The van der Waals surface area contributed by atoms with Gasteiger partial charge in [-0.25, -0.2) is 0 Å². The Morgan fingerprint density at radius 1 is 1.40 bits per heavy atom. The van der Waals surface area contributed by atoms with Crippen LogP contribution in [-0.4, -0.2) is 19.3 Å². The summed E-state index contributed by atoms with van der Waals surface area (Å²) in [5.41, 5.74) is 9.42. The third-order valence-electron chi connectivity index (χ3n) is 3.54. The van der Waals surface area contributed by atoms with Gasteiger partial charge in [-0.15, -0.1) is 0 Å². The Morgan fingerprint density at radius 2 is 2.20 bits per heavy atom. The summed E-state index contributed by atoms with van der Waals surface area (Å²) in [6.07, 6.45) is 3.49. The minimum Gasteiger partial charge on any atom is -0.346 e. The summed E-state index contributed by atoms with van der Waals surface area (Å²) in [6.45, 7) is 3.27. The lowest BCUT2D eigenvalue weighted by molar-refractivity contribution is -0.306. The second-order valence-electron chi connectivity index (χ2n) is 4.99. The van der Waals surface area contributed by atoms with Crippen molar-refractivity contribution in [2.24, 2.45) is 5.11 Å². The maximum absolute atomic E-state index is 8.35. The second kappa shape index (κ2) is 7.29. The van der Waals surface area contributed by atoms with Crippen LogP contribution in [0.15, 0.2) is 35.4 Å². The number of azide groups is 1. The molecule has 0 N–H and O–H groups in total. The van der Waals surface area contributed by atoms with Crippen molar-refractivity contribution in [2.45, 2.75) is 44.5 Å². The van der Waals surface area contributed by atoms with E-state index in [-0.39, 0.29) is 6.10 Å². The fraction of sp³-hybridized carbons (Fsp3) is 0.600. The number of hydrogen-bond acceptors (Lipinski definition) is 3. The molecule has 0 saturated carbocycles. The first kappa shape index (κ1) is 14.9. The molecule has 1 aromatic rings. The van der Waals surface area contributed by atoms with Crippen LogP contribution < -0.4 is 0 Å². The van der Waals surface area contributed by atoms with Gasteiger partial charge in [0.25, 0.3) is 0 Å². The minimum atomic E-state index is -0.644. The monoisotopic (exact) mass is 275 g/mol. The highest BCUT2D eigenvalue weighted by Gasteiger charge is 2.39. The van der Waals surface area contributed by atoms with Crippen LogP contribution in [0.25, 0.3) is 10.4 Å². The lowest BCUT2D eigenvalue weighted by atomic mass is 9.98. The van der Waals surface area contributed by atoms with Gasteiger partial charge in [-0.05, 0) is 18.4 Å². The molecule has 2 atom stereocenters. The maximum atomic E-state index is 8.35. The van der Waals surface area contributed by atoms with E-state index in [4.69, 9.17) is 15.0 Å². The summed E-state index contributed by atoms with van der Waals surface area (Å²) in [4.78, 5) is 2.79. The van der Waals surface area contributed by atoms with Crippen molar-refractivity contribution in [1.29, 1.82) is 0 Å². The lowest BCUT2D eigenvalue weighted by Gasteiger charge is -2.41. The molecule has 0 aliphatic carbocycles. The summed E-state index contributed by atoms with van der Waals surface area (Å²) >= 11 is 0. The average Bonchev–Trinajstić information content (AvgIpc) is 2.49. The normalized spacial score (nSPS) is 25.9.